The van der Waals surface area contributed by atoms with Gasteiger partial charge in [-0.25, -0.2) is 9.67 Å². The van der Waals surface area contributed by atoms with E-state index in [1.54, 1.807) is 13.1 Å². The minimum Gasteiger partial charge on any atom is -0.352 e. The topological polar surface area (TPSA) is 67.1 Å². The molecule has 2 N–H and O–H groups in total. The van der Waals surface area contributed by atoms with Crippen molar-refractivity contribution >= 4 is 5.96 Å². The van der Waals surface area contributed by atoms with Crippen LogP contribution >= 0.6 is 0 Å². The molecule has 0 spiro atoms. The van der Waals surface area contributed by atoms with Crippen LogP contribution in [0.5, 0.6) is 0 Å². The molecule has 0 aliphatic carbocycles. The van der Waals surface area contributed by atoms with Gasteiger partial charge < -0.3 is 10.6 Å². The zero-order valence-corrected chi connectivity index (χ0v) is 16.3. The van der Waals surface area contributed by atoms with Crippen LogP contribution in [0.1, 0.15) is 36.1 Å². The molecule has 1 atom stereocenters. The van der Waals surface area contributed by atoms with Gasteiger partial charge in [0.05, 0.1) is 18.7 Å². The number of nitrogens with one attached hydrogen (secondary N) is 2. The van der Waals surface area contributed by atoms with Gasteiger partial charge >= 0.3 is 6.18 Å². The molecule has 2 aromatic rings. The Morgan fingerprint density at radius 3 is 2.93 bits per heavy atom. The maximum atomic E-state index is 12.8. The number of hydrogen-bond acceptors (Lipinski definition) is 3. The van der Waals surface area contributed by atoms with Crippen molar-refractivity contribution in [2.75, 3.05) is 13.6 Å². The highest BCUT2D eigenvalue weighted by Gasteiger charge is 2.30. The number of benzene rings is 1. The molecule has 0 fully saturated rings. The summed E-state index contributed by atoms with van der Waals surface area (Å²) in [6, 6.07) is 5.15. The Morgan fingerprint density at radius 2 is 2.21 bits per heavy atom. The molecule has 1 unspecified atom stereocenters. The van der Waals surface area contributed by atoms with E-state index < -0.39 is 11.7 Å². The minimum absolute atomic E-state index is 0.163. The van der Waals surface area contributed by atoms with Gasteiger partial charge in [-0.05, 0) is 24.6 Å². The third-order valence-electron chi connectivity index (χ3n) is 4.55. The molecule has 2 heterocycles. The average molecular weight is 404 g/mol. The Bertz CT molecular complexity index is 936. The molecule has 3 rings (SSSR count). The maximum Gasteiger partial charge on any atom is 0.416 e. The lowest BCUT2D eigenvalue weighted by Gasteiger charge is -2.25. The van der Waals surface area contributed by atoms with E-state index in [2.05, 4.69) is 37.5 Å². The van der Waals surface area contributed by atoms with E-state index in [0.29, 0.717) is 18.1 Å². The summed E-state index contributed by atoms with van der Waals surface area (Å²) < 4.78 is 40.2. The predicted octanol–water partition coefficient (Wildman–Crippen LogP) is 2.39. The third-order valence-corrected chi connectivity index (χ3v) is 4.55. The molecule has 1 aromatic carbocycles. The average Bonchev–Trinajstić information content (AvgIpc) is 3.12. The molecule has 1 aliphatic heterocycles. The summed E-state index contributed by atoms with van der Waals surface area (Å²) in [5.41, 5.74) is -0.381. The molecule has 154 valence electrons. The van der Waals surface area contributed by atoms with Gasteiger partial charge in [0.2, 0.25) is 0 Å². The fraction of sp³-hybridized carbons (Fsp3) is 0.450. The lowest BCUT2D eigenvalue weighted by Crippen LogP contribution is -2.47. The van der Waals surface area contributed by atoms with Gasteiger partial charge in [0.15, 0.2) is 11.8 Å². The van der Waals surface area contributed by atoms with Crippen LogP contribution in [-0.4, -0.2) is 40.4 Å². The summed E-state index contributed by atoms with van der Waals surface area (Å²) in [4.78, 5) is 8.69. The first-order valence-electron chi connectivity index (χ1n) is 9.45. The smallest absolute Gasteiger partial charge is 0.352 e. The van der Waals surface area contributed by atoms with Crippen molar-refractivity contribution in [2.45, 2.75) is 44.9 Å². The van der Waals surface area contributed by atoms with Crippen molar-refractivity contribution in [3.8, 4) is 11.8 Å². The van der Waals surface area contributed by atoms with Crippen molar-refractivity contribution < 1.29 is 13.2 Å². The van der Waals surface area contributed by atoms with Crippen molar-refractivity contribution in [3.05, 3.63) is 47.0 Å². The number of fused-ring (bicyclic) bond motifs is 1. The van der Waals surface area contributed by atoms with Crippen LogP contribution in [0.3, 0.4) is 0 Å². The van der Waals surface area contributed by atoms with Crippen LogP contribution in [0.15, 0.2) is 29.3 Å². The van der Waals surface area contributed by atoms with E-state index in [0.717, 1.165) is 43.0 Å². The molecule has 0 saturated carbocycles. The molecule has 0 bridgehead atoms. The Balaban J connectivity index is 1.53. The maximum absolute atomic E-state index is 12.8. The van der Waals surface area contributed by atoms with Crippen molar-refractivity contribution in [2.24, 2.45) is 4.99 Å². The lowest BCUT2D eigenvalue weighted by molar-refractivity contribution is -0.137. The standard InChI is InChI=1S/C20H23F3N6/c1-3-17-27-18-10-9-16(13-29(18)28-17)26-19(24-2)25-11-5-7-14-6-4-8-15(12-14)20(21,22)23/h4,6,8,12,16H,3,9-11,13H2,1-2H3,(H2,24,25,26). The number of aromatic nitrogens is 3. The summed E-state index contributed by atoms with van der Waals surface area (Å²) in [5, 5.41) is 10.9. The summed E-state index contributed by atoms with van der Waals surface area (Å²) in [7, 11) is 1.66. The molecule has 6 nitrogen and oxygen atoms in total. The second-order valence-electron chi connectivity index (χ2n) is 6.67. The highest BCUT2D eigenvalue weighted by Crippen LogP contribution is 2.29. The second kappa shape index (κ2) is 8.99. The zero-order chi connectivity index (χ0) is 20.9. The Morgan fingerprint density at radius 1 is 1.38 bits per heavy atom. The first-order chi connectivity index (χ1) is 13.9. The second-order valence-corrected chi connectivity index (χ2v) is 6.67. The van der Waals surface area contributed by atoms with E-state index in [1.807, 2.05) is 11.6 Å². The van der Waals surface area contributed by atoms with Crippen LogP contribution in [0.4, 0.5) is 13.2 Å². The largest absolute Gasteiger partial charge is 0.416 e. The predicted molar refractivity (Wildman–Crippen MR) is 104 cm³/mol. The Hall–Kier alpha value is -3.02. The highest BCUT2D eigenvalue weighted by molar-refractivity contribution is 5.80. The van der Waals surface area contributed by atoms with Gasteiger partial charge in [0, 0.05) is 31.5 Å². The summed E-state index contributed by atoms with van der Waals surface area (Å²) in [6.45, 7) is 3.00. The number of halogens is 3. The third kappa shape index (κ3) is 5.50. The summed E-state index contributed by atoms with van der Waals surface area (Å²) >= 11 is 0. The molecular weight excluding hydrogens is 381 g/mol. The highest BCUT2D eigenvalue weighted by atomic mass is 19.4. The van der Waals surface area contributed by atoms with Gasteiger partial charge in [0.1, 0.15) is 5.82 Å². The number of aliphatic imine (C=N–C) groups is 1. The van der Waals surface area contributed by atoms with Crippen LogP contribution < -0.4 is 10.6 Å². The van der Waals surface area contributed by atoms with Crippen molar-refractivity contribution in [1.29, 1.82) is 0 Å². The van der Waals surface area contributed by atoms with Crippen molar-refractivity contribution in [3.63, 3.8) is 0 Å². The van der Waals surface area contributed by atoms with Crippen molar-refractivity contribution in [1.82, 2.24) is 25.4 Å². The zero-order valence-electron chi connectivity index (χ0n) is 16.3. The van der Waals surface area contributed by atoms with Gasteiger partial charge in [-0.15, -0.1) is 0 Å². The van der Waals surface area contributed by atoms with Crippen LogP contribution in [0, 0.1) is 11.8 Å². The lowest BCUT2D eigenvalue weighted by atomic mass is 10.1. The summed E-state index contributed by atoms with van der Waals surface area (Å²) in [6.07, 6.45) is -1.80. The Labute approximate surface area is 167 Å². The normalized spacial score (nSPS) is 16.6. The quantitative estimate of drug-likeness (QED) is 0.468. The first kappa shape index (κ1) is 20.7. The minimum atomic E-state index is -4.37. The van der Waals surface area contributed by atoms with Crippen LogP contribution in [-0.2, 0) is 25.6 Å². The number of nitrogens with zero attached hydrogens (tertiary/aromatic N) is 4. The van der Waals surface area contributed by atoms with Crippen LogP contribution in [0.25, 0.3) is 0 Å². The number of hydrogen-bond donors (Lipinski definition) is 2. The SMILES string of the molecule is CCc1nc2n(n1)CC(NC(=NC)NCC#Cc1cccc(C(F)(F)F)c1)CC2. The molecular formula is C20H23F3N6. The monoisotopic (exact) mass is 404 g/mol. The van der Waals surface area contributed by atoms with E-state index in [-0.39, 0.29) is 12.6 Å². The number of rotatable bonds is 3. The van der Waals surface area contributed by atoms with Gasteiger partial charge in [0.25, 0.3) is 0 Å². The fourth-order valence-electron chi connectivity index (χ4n) is 3.06. The number of guanidine groups is 1. The molecule has 1 aromatic heterocycles. The van der Waals surface area contributed by atoms with Gasteiger partial charge in [-0.1, -0.05) is 24.8 Å². The molecule has 0 amide bonds. The Kier molecular flexibility index (Phi) is 6.42. The molecule has 9 heteroatoms. The molecule has 1 aliphatic rings. The van der Waals surface area contributed by atoms with Crippen LogP contribution in [0.2, 0.25) is 0 Å². The van der Waals surface area contributed by atoms with Gasteiger partial charge in [-0.2, -0.15) is 18.3 Å². The number of alkyl halides is 3. The van der Waals surface area contributed by atoms with E-state index >= 15 is 0 Å². The van der Waals surface area contributed by atoms with E-state index in [4.69, 9.17) is 0 Å². The van der Waals surface area contributed by atoms with E-state index in [9.17, 15) is 13.2 Å². The first-order valence-corrected chi connectivity index (χ1v) is 9.45. The van der Waals surface area contributed by atoms with E-state index in [1.165, 1.54) is 6.07 Å². The fourth-order valence-corrected chi connectivity index (χ4v) is 3.06. The molecule has 0 saturated heterocycles. The molecule has 29 heavy (non-hydrogen) atoms. The number of aryl methyl sites for hydroxylation is 2. The van der Waals surface area contributed by atoms with Gasteiger partial charge in [-0.3, -0.25) is 4.99 Å². The molecule has 0 radical (unpaired) electrons. The summed E-state index contributed by atoms with van der Waals surface area (Å²) in [5.74, 6) is 8.03.